The van der Waals surface area contributed by atoms with Gasteiger partial charge in [0, 0.05) is 31.2 Å². The summed E-state index contributed by atoms with van der Waals surface area (Å²) in [5.74, 6) is 1.36. The highest BCUT2D eigenvalue weighted by molar-refractivity contribution is 5.42. The van der Waals surface area contributed by atoms with E-state index in [1.807, 2.05) is 12.1 Å². The maximum Gasteiger partial charge on any atom is 0.123 e. The summed E-state index contributed by atoms with van der Waals surface area (Å²) >= 11 is 0. The Hall–Kier alpha value is -1.57. The number of hydrogen-bond donors (Lipinski definition) is 1. The second-order valence-electron chi connectivity index (χ2n) is 4.97. The molecule has 4 heteroatoms. The molecule has 0 bridgehead atoms. The number of hydrogen-bond acceptors (Lipinski definition) is 4. The minimum atomic E-state index is 0.246. The summed E-state index contributed by atoms with van der Waals surface area (Å²) in [6, 6.07) is 7.94. The van der Waals surface area contributed by atoms with Crippen LogP contribution >= 0.6 is 0 Å². The number of benzene rings is 1. The summed E-state index contributed by atoms with van der Waals surface area (Å²) in [5, 5.41) is 8.95. The standard InChI is InChI=1S/C14H19N3O/c1-10-7-17(9-13(10)16)8-12-5-11(6-15)3-4-14(12)18-2/h3-5,10,13H,7-9,16H2,1-2H3. The second kappa shape index (κ2) is 5.38. The molecule has 0 aliphatic carbocycles. The molecule has 18 heavy (non-hydrogen) atoms. The minimum Gasteiger partial charge on any atom is -0.496 e. The average molecular weight is 245 g/mol. The Labute approximate surface area is 108 Å². The topological polar surface area (TPSA) is 62.3 Å². The molecule has 0 saturated carbocycles. The number of rotatable bonds is 3. The van der Waals surface area contributed by atoms with Crippen molar-refractivity contribution < 1.29 is 4.74 Å². The van der Waals surface area contributed by atoms with Crippen LogP contribution in [0.25, 0.3) is 0 Å². The van der Waals surface area contributed by atoms with Crippen LogP contribution in [0.4, 0.5) is 0 Å². The minimum absolute atomic E-state index is 0.246. The molecule has 2 rings (SSSR count). The molecule has 1 fully saturated rings. The first-order valence-corrected chi connectivity index (χ1v) is 6.19. The summed E-state index contributed by atoms with van der Waals surface area (Å²) in [6.07, 6.45) is 0. The Bertz CT molecular complexity index is 457. The van der Waals surface area contributed by atoms with E-state index in [1.165, 1.54) is 0 Å². The molecule has 2 atom stereocenters. The molecule has 1 aromatic carbocycles. The zero-order chi connectivity index (χ0) is 13.1. The van der Waals surface area contributed by atoms with E-state index in [4.69, 9.17) is 15.7 Å². The van der Waals surface area contributed by atoms with Gasteiger partial charge in [0.05, 0.1) is 18.7 Å². The fraction of sp³-hybridized carbons (Fsp3) is 0.500. The smallest absolute Gasteiger partial charge is 0.123 e. The van der Waals surface area contributed by atoms with E-state index in [0.29, 0.717) is 11.5 Å². The number of likely N-dealkylation sites (tertiary alicyclic amines) is 1. The summed E-state index contributed by atoms with van der Waals surface area (Å²) in [7, 11) is 1.66. The number of ether oxygens (including phenoxy) is 1. The van der Waals surface area contributed by atoms with Crippen LogP contribution in [0.15, 0.2) is 18.2 Å². The monoisotopic (exact) mass is 245 g/mol. The lowest BCUT2D eigenvalue weighted by atomic mass is 10.1. The summed E-state index contributed by atoms with van der Waals surface area (Å²) in [6.45, 7) is 4.87. The summed E-state index contributed by atoms with van der Waals surface area (Å²) in [4.78, 5) is 2.31. The Morgan fingerprint density at radius 2 is 2.28 bits per heavy atom. The van der Waals surface area contributed by atoms with Gasteiger partial charge in [-0.15, -0.1) is 0 Å². The number of nitriles is 1. The number of nitrogens with zero attached hydrogens (tertiary/aromatic N) is 2. The molecule has 1 heterocycles. The van der Waals surface area contributed by atoms with Crippen molar-refractivity contribution in [2.75, 3.05) is 20.2 Å². The molecule has 1 aliphatic heterocycles. The van der Waals surface area contributed by atoms with E-state index in [0.717, 1.165) is 30.9 Å². The third-order valence-electron chi connectivity index (χ3n) is 3.55. The van der Waals surface area contributed by atoms with Gasteiger partial charge >= 0.3 is 0 Å². The van der Waals surface area contributed by atoms with Gasteiger partial charge in [0.15, 0.2) is 0 Å². The highest BCUT2D eigenvalue weighted by atomic mass is 16.5. The van der Waals surface area contributed by atoms with Crippen LogP contribution in [0.2, 0.25) is 0 Å². The predicted molar refractivity (Wildman–Crippen MR) is 70.1 cm³/mol. The van der Waals surface area contributed by atoms with E-state index < -0.39 is 0 Å². The zero-order valence-corrected chi connectivity index (χ0v) is 10.9. The van der Waals surface area contributed by atoms with Crippen LogP contribution in [-0.2, 0) is 6.54 Å². The van der Waals surface area contributed by atoms with Crippen LogP contribution < -0.4 is 10.5 Å². The largest absolute Gasteiger partial charge is 0.496 e. The average Bonchev–Trinajstić information content (AvgIpc) is 2.68. The van der Waals surface area contributed by atoms with Crippen molar-refractivity contribution in [3.8, 4) is 11.8 Å². The van der Waals surface area contributed by atoms with Gasteiger partial charge in [-0.1, -0.05) is 6.92 Å². The van der Waals surface area contributed by atoms with Gasteiger partial charge in [-0.2, -0.15) is 5.26 Å². The Kier molecular flexibility index (Phi) is 3.85. The first kappa shape index (κ1) is 12.9. The third kappa shape index (κ3) is 2.63. The molecule has 1 aliphatic rings. The summed E-state index contributed by atoms with van der Waals surface area (Å²) < 4.78 is 5.34. The van der Waals surface area contributed by atoms with Crippen LogP contribution in [0, 0.1) is 17.2 Å². The predicted octanol–water partition coefficient (Wildman–Crippen LogP) is 1.35. The Balaban J connectivity index is 2.15. The Morgan fingerprint density at radius 3 is 2.83 bits per heavy atom. The molecule has 0 radical (unpaired) electrons. The van der Waals surface area contributed by atoms with E-state index in [9.17, 15) is 0 Å². The molecule has 96 valence electrons. The van der Waals surface area contributed by atoms with Gasteiger partial charge in [-0.3, -0.25) is 4.90 Å². The zero-order valence-electron chi connectivity index (χ0n) is 10.9. The molecule has 1 aromatic rings. The molecular formula is C14H19N3O. The van der Waals surface area contributed by atoms with Crippen molar-refractivity contribution in [1.82, 2.24) is 4.90 Å². The van der Waals surface area contributed by atoms with Crippen LogP contribution in [-0.4, -0.2) is 31.1 Å². The maximum absolute atomic E-state index is 8.95. The fourth-order valence-electron chi connectivity index (χ4n) is 2.44. The maximum atomic E-state index is 8.95. The summed E-state index contributed by atoms with van der Waals surface area (Å²) in [5.41, 5.74) is 7.75. The van der Waals surface area contributed by atoms with Gasteiger partial charge in [0.2, 0.25) is 0 Å². The normalized spacial score (nSPS) is 23.9. The second-order valence-corrected chi connectivity index (χ2v) is 4.97. The lowest BCUT2D eigenvalue weighted by Gasteiger charge is -2.17. The van der Waals surface area contributed by atoms with Gasteiger partial charge in [-0.05, 0) is 24.1 Å². The molecule has 0 spiro atoms. The number of nitrogens with two attached hydrogens (primary N) is 1. The third-order valence-corrected chi connectivity index (χ3v) is 3.55. The quantitative estimate of drug-likeness (QED) is 0.873. The van der Waals surface area contributed by atoms with Crippen molar-refractivity contribution in [3.05, 3.63) is 29.3 Å². The lowest BCUT2D eigenvalue weighted by molar-refractivity contribution is 0.310. The molecule has 2 N–H and O–H groups in total. The van der Waals surface area contributed by atoms with Crippen molar-refractivity contribution >= 4 is 0 Å². The van der Waals surface area contributed by atoms with Gasteiger partial charge < -0.3 is 10.5 Å². The highest BCUT2D eigenvalue weighted by Crippen LogP contribution is 2.24. The number of methoxy groups -OCH3 is 1. The Morgan fingerprint density at radius 1 is 1.50 bits per heavy atom. The molecular weight excluding hydrogens is 226 g/mol. The van der Waals surface area contributed by atoms with Gasteiger partial charge in [0.1, 0.15) is 5.75 Å². The van der Waals surface area contributed by atoms with Crippen molar-refractivity contribution in [2.45, 2.75) is 19.5 Å². The first-order chi connectivity index (χ1) is 8.63. The SMILES string of the molecule is COc1ccc(C#N)cc1CN1CC(C)C(N)C1. The molecule has 1 saturated heterocycles. The molecule has 4 nitrogen and oxygen atoms in total. The van der Waals surface area contributed by atoms with Gasteiger partial charge in [0.25, 0.3) is 0 Å². The van der Waals surface area contributed by atoms with Crippen molar-refractivity contribution in [2.24, 2.45) is 11.7 Å². The fourth-order valence-corrected chi connectivity index (χ4v) is 2.44. The molecule has 0 aromatic heterocycles. The van der Waals surface area contributed by atoms with E-state index in [1.54, 1.807) is 13.2 Å². The van der Waals surface area contributed by atoms with E-state index in [-0.39, 0.29) is 6.04 Å². The molecule has 0 amide bonds. The van der Waals surface area contributed by atoms with Crippen LogP contribution in [0.5, 0.6) is 5.75 Å². The van der Waals surface area contributed by atoms with E-state index >= 15 is 0 Å². The highest BCUT2D eigenvalue weighted by Gasteiger charge is 2.26. The lowest BCUT2D eigenvalue weighted by Crippen LogP contribution is -2.28. The van der Waals surface area contributed by atoms with Crippen LogP contribution in [0.1, 0.15) is 18.1 Å². The van der Waals surface area contributed by atoms with Gasteiger partial charge in [-0.25, -0.2) is 0 Å². The van der Waals surface area contributed by atoms with Crippen molar-refractivity contribution in [3.63, 3.8) is 0 Å². The van der Waals surface area contributed by atoms with Crippen molar-refractivity contribution in [1.29, 1.82) is 5.26 Å². The first-order valence-electron chi connectivity index (χ1n) is 6.19. The van der Waals surface area contributed by atoms with Crippen LogP contribution in [0.3, 0.4) is 0 Å². The van der Waals surface area contributed by atoms with E-state index in [2.05, 4.69) is 17.9 Å². The molecule has 2 unspecified atom stereocenters.